The van der Waals surface area contributed by atoms with Crippen LogP contribution < -0.4 is 25.2 Å². The van der Waals surface area contributed by atoms with Crippen LogP contribution in [0.2, 0.25) is 0 Å². The average Bonchev–Trinajstić information content (AvgIpc) is 3.01. The maximum absolute atomic E-state index is 14.4. The predicted molar refractivity (Wildman–Crippen MR) is 171 cm³/mol. The van der Waals surface area contributed by atoms with E-state index in [1.807, 2.05) is 19.9 Å². The Morgan fingerprint density at radius 3 is 2.39 bits per heavy atom. The number of primary amides is 1. The van der Waals surface area contributed by atoms with Crippen LogP contribution in [0.1, 0.15) is 54.2 Å². The summed E-state index contributed by atoms with van der Waals surface area (Å²) in [6, 6.07) is 11.0. The fourth-order valence-electron chi connectivity index (χ4n) is 5.14. The monoisotopic (exact) mass is 659 g/mol. The molecule has 0 spiro atoms. The molecule has 1 fully saturated rings. The van der Waals surface area contributed by atoms with Gasteiger partial charge >= 0.3 is 6.03 Å². The maximum Gasteiger partial charge on any atom is 0.322 e. The summed E-state index contributed by atoms with van der Waals surface area (Å²) in [6.45, 7) is 6.48. The molecule has 0 unspecified atom stereocenters. The van der Waals surface area contributed by atoms with Crippen molar-refractivity contribution in [3.63, 3.8) is 0 Å². The van der Waals surface area contributed by atoms with E-state index in [9.17, 15) is 26.8 Å². The van der Waals surface area contributed by atoms with E-state index < -0.39 is 39.3 Å². The minimum atomic E-state index is -3.61. The van der Waals surface area contributed by atoms with E-state index >= 15 is 0 Å². The van der Waals surface area contributed by atoms with Gasteiger partial charge in [-0.25, -0.2) is 23.3 Å². The summed E-state index contributed by atoms with van der Waals surface area (Å²) < 4.78 is 62.1. The lowest BCUT2D eigenvalue weighted by Gasteiger charge is -2.38. The minimum Gasteiger partial charge on any atom is -0.439 e. The molecular weight excluding hydrogens is 620 g/mol. The zero-order valence-electron chi connectivity index (χ0n) is 26.0. The molecule has 0 aliphatic carbocycles. The van der Waals surface area contributed by atoms with Crippen molar-refractivity contribution in [3.8, 4) is 11.6 Å². The molecular formula is C31H39F2N7O5S. The number of unbranched alkanes of at least 4 members (excludes halogenated alkanes) is 1. The van der Waals surface area contributed by atoms with Crippen LogP contribution in [0, 0.1) is 18.6 Å². The van der Waals surface area contributed by atoms with E-state index in [0.29, 0.717) is 49.3 Å². The van der Waals surface area contributed by atoms with Crippen molar-refractivity contribution >= 4 is 33.5 Å². The van der Waals surface area contributed by atoms with Crippen LogP contribution in [-0.2, 0) is 16.8 Å². The van der Waals surface area contributed by atoms with Gasteiger partial charge in [0.05, 0.1) is 16.9 Å². The Labute approximate surface area is 267 Å². The van der Waals surface area contributed by atoms with Gasteiger partial charge in [0.15, 0.2) is 0 Å². The van der Waals surface area contributed by atoms with Gasteiger partial charge in [-0.3, -0.25) is 14.4 Å². The van der Waals surface area contributed by atoms with Gasteiger partial charge in [-0.1, -0.05) is 19.4 Å². The number of hydrogen-bond acceptors (Lipinski definition) is 7. The summed E-state index contributed by atoms with van der Waals surface area (Å²) in [5.74, 6) is -2.23. The Bertz CT molecular complexity index is 1650. The molecule has 1 aliphatic rings. The number of amides is 3. The molecule has 248 valence electrons. The Kier molecular flexibility index (Phi) is 11.5. The third kappa shape index (κ3) is 9.11. The molecule has 1 aliphatic heterocycles. The quantitative estimate of drug-likeness (QED) is 0.206. The molecule has 0 atom stereocenters. The highest BCUT2D eigenvalue weighted by molar-refractivity contribution is 7.90. The van der Waals surface area contributed by atoms with Gasteiger partial charge in [-0.15, -0.1) is 0 Å². The van der Waals surface area contributed by atoms with Gasteiger partial charge in [0.1, 0.15) is 17.4 Å². The molecule has 0 bridgehead atoms. The lowest BCUT2D eigenvalue weighted by molar-refractivity contribution is 0.0996. The molecule has 1 saturated heterocycles. The fraction of sp³-hybridized carbons (Fsp3) is 0.387. The van der Waals surface area contributed by atoms with E-state index in [1.54, 1.807) is 35.2 Å². The van der Waals surface area contributed by atoms with Crippen molar-refractivity contribution in [3.05, 3.63) is 77.0 Å². The maximum atomic E-state index is 14.4. The summed E-state index contributed by atoms with van der Waals surface area (Å²) in [7, 11) is -2.30. The molecule has 4 rings (SSSR count). The molecule has 2 aromatic carbocycles. The Morgan fingerprint density at radius 1 is 1.09 bits per heavy atom. The summed E-state index contributed by atoms with van der Waals surface area (Å²) >= 11 is 0. The number of carbonyl (C=O) groups excluding carboxylic acids is 2. The second-order valence-electron chi connectivity index (χ2n) is 11.0. The van der Waals surface area contributed by atoms with Crippen molar-refractivity contribution in [1.82, 2.24) is 19.5 Å². The van der Waals surface area contributed by atoms with Gasteiger partial charge < -0.3 is 20.7 Å². The molecule has 46 heavy (non-hydrogen) atoms. The summed E-state index contributed by atoms with van der Waals surface area (Å²) in [5, 5.41) is 2.51. The number of carbonyl (C=O) groups is 2. The summed E-state index contributed by atoms with van der Waals surface area (Å²) in [4.78, 5) is 33.4. The molecule has 0 radical (unpaired) electrons. The highest BCUT2D eigenvalue weighted by Crippen LogP contribution is 2.26. The topological polar surface area (TPSA) is 159 Å². The first-order valence-electron chi connectivity index (χ1n) is 14.9. The average molecular weight is 660 g/mol. The van der Waals surface area contributed by atoms with Crippen LogP contribution >= 0.6 is 0 Å². The van der Waals surface area contributed by atoms with Crippen LogP contribution in [-0.4, -0.2) is 67.9 Å². The van der Waals surface area contributed by atoms with E-state index in [2.05, 4.69) is 24.6 Å². The Morgan fingerprint density at radius 2 is 1.78 bits per heavy atom. The number of rotatable bonds is 13. The number of benzene rings is 2. The van der Waals surface area contributed by atoms with Crippen molar-refractivity contribution in [2.24, 2.45) is 5.73 Å². The number of piperidine rings is 1. The number of urea groups is 1. The molecule has 3 amide bonds. The lowest BCUT2D eigenvalue weighted by atomic mass is 10.0. The minimum absolute atomic E-state index is 0.0862. The highest BCUT2D eigenvalue weighted by atomic mass is 32.2. The number of nitrogens with one attached hydrogen (secondary N) is 3. The van der Waals surface area contributed by atoms with Crippen LogP contribution in [0.5, 0.6) is 11.6 Å². The number of likely N-dealkylation sites (tertiary alicyclic amines) is 1. The van der Waals surface area contributed by atoms with E-state index in [0.717, 1.165) is 43.3 Å². The molecule has 12 nitrogen and oxygen atoms in total. The second-order valence-corrected chi connectivity index (χ2v) is 12.6. The van der Waals surface area contributed by atoms with Crippen LogP contribution in [0.25, 0.3) is 0 Å². The number of pyridine rings is 1. The molecule has 3 aromatic rings. The van der Waals surface area contributed by atoms with E-state index in [4.69, 9.17) is 10.5 Å². The smallest absolute Gasteiger partial charge is 0.322 e. The molecule has 5 N–H and O–H groups in total. The number of hydrogen-bond donors (Lipinski definition) is 4. The number of halogens is 2. The van der Waals surface area contributed by atoms with Crippen LogP contribution in [0.4, 0.5) is 25.0 Å². The first-order valence-corrected chi connectivity index (χ1v) is 16.4. The summed E-state index contributed by atoms with van der Waals surface area (Å²) in [5.41, 5.74) is 6.61. The Hall–Kier alpha value is -4.34. The Balaban J connectivity index is 1.34. The molecule has 15 heteroatoms. The lowest BCUT2D eigenvalue weighted by Crippen LogP contribution is -2.49. The van der Waals surface area contributed by atoms with Crippen molar-refractivity contribution in [2.45, 2.75) is 52.1 Å². The predicted octanol–water partition coefficient (Wildman–Crippen LogP) is 4.73. The third-order valence-electron chi connectivity index (χ3n) is 7.74. The first kappa shape index (κ1) is 34.5. The fourth-order valence-corrected chi connectivity index (χ4v) is 5.69. The number of aromatic nitrogens is 1. The highest BCUT2D eigenvalue weighted by Gasteiger charge is 2.29. The van der Waals surface area contributed by atoms with Gasteiger partial charge in [-0.05, 0) is 62.1 Å². The normalized spacial score (nSPS) is 14.1. The standard InChI is InChI=1S/C31H39F2N7O5S/c1-4-5-14-40(31(42)37-28-17-25(30(34)41)26(32)18-27(28)33)23-12-15-39(16-13-23)19-21-6-11-29(36-20(21)2)45-24-9-7-22(8-10-24)38-46(43,44)35-3/h6-11,17-18,23,35,38H,4-5,12-16,19H2,1-3H3,(H2,34,41)(H,37,42). The zero-order chi connectivity index (χ0) is 33.4. The summed E-state index contributed by atoms with van der Waals surface area (Å²) in [6.07, 6.45) is 3.01. The molecule has 0 saturated carbocycles. The number of nitrogens with two attached hydrogens (primary N) is 1. The second kappa shape index (κ2) is 15.3. The van der Waals surface area contributed by atoms with E-state index in [-0.39, 0.29) is 11.7 Å². The third-order valence-corrected chi connectivity index (χ3v) is 8.78. The largest absolute Gasteiger partial charge is 0.439 e. The molecule has 2 heterocycles. The van der Waals surface area contributed by atoms with Crippen molar-refractivity contribution in [1.29, 1.82) is 0 Å². The van der Waals surface area contributed by atoms with Crippen molar-refractivity contribution in [2.75, 3.05) is 36.7 Å². The number of ether oxygens (including phenoxy) is 1. The number of aryl methyl sites for hydroxylation is 1. The number of anilines is 2. The van der Waals surface area contributed by atoms with E-state index in [1.165, 1.54) is 7.05 Å². The number of nitrogens with zero attached hydrogens (tertiary/aromatic N) is 3. The SMILES string of the molecule is CCCCN(C(=O)Nc1cc(C(N)=O)c(F)cc1F)C1CCN(Cc2ccc(Oc3ccc(NS(=O)(=O)NC)cc3)nc2C)CC1. The first-order chi connectivity index (χ1) is 21.9. The van der Waals surface area contributed by atoms with Gasteiger partial charge in [-0.2, -0.15) is 8.42 Å². The molecule has 1 aromatic heterocycles. The van der Waals surface area contributed by atoms with Gasteiger partial charge in [0, 0.05) is 57.1 Å². The zero-order valence-corrected chi connectivity index (χ0v) is 26.8. The van der Waals surface area contributed by atoms with Crippen LogP contribution in [0.15, 0.2) is 48.5 Å². The van der Waals surface area contributed by atoms with Gasteiger partial charge in [0.2, 0.25) is 5.88 Å². The van der Waals surface area contributed by atoms with Gasteiger partial charge in [0.25, 0.3) is 16.1 Å². The van der Waals surface area contributed by atoms with Crippen molar-refractivity contribution < 1.29 is 31.5 Å². The van der Waals surface area contributed by atoms with Crippen LogP contribution in [0.3, 0.4) is 0 Å².